The maximum Gasteiger partial charge on any atom is 0.322 e. The van der Waals surface area contributed by atoms with Gasteiger partial charge >= 0.3 is 5.97 Å². The number of fused-ring (bicyclic) bond motifs is 1. The van der Waals surface area contributed by atoms with Crippen LogP contribution in [0.4, 0.5) is 0 Å². The summed E-state index contributed by atoms with van der Waals surface area (Å²) in [6.45, 7) is 17.0. The van der Waals surface area contributed by atoms with Crippen LogP contribution in [0, 0.1) is 17.3 Å². The summed E-state index contributed by atoms with van der Waals surface area (Å²) in [4.78, 5) is 26.5. The normalized spacial score (nSPS) is 34.5. The van der Waals surface area contributed by atoms with E-state index < -0.39 is 31.4 Å². The summed E-state index contributed by atoms with van der Waals surface area (Å²) in [5.41, 5.74) is -1.80. The van der Waals surface area contributed by atoms with Gasteiger partial charge in [0.15, 0.2) is 11.2 Å². The van der Waals surface area contributed by atoms with Crippen molar-refractivity contribution in [3.63, 3.8) is 0 Å². The molecule has 0 amide bonds. The zero-order valence-corrected chi connectivity index (χ0v) is 19.7. The van der Waals surface area contributed by atoms with Crippen molar-refractivity contribution in [1.82, 2.24) is 0 Å². The van der Waals surface area contributed by atoms with Gasteiger partial charge < -0.3 is 13.9 Å². The van der Waals surface area contributed by atoms with Crippen LogP contribution in [-0.2, 0) is 23.5 Å². The van der Waals surface area contributed by atoms with E-state index in [-0.39, 0.29) is 35.7 Å². The molecule has 28 heavy (non-hydrogen) atoms. The topological polar surface area (TPSA) is 61.8 Å². The SMILES string of the molecule is CCOC(=O)[C@@]12C(=O)CC(C)(C)O[C@@H]1[C@@H]1CC[C@H]2C=C1O[Si](C)(C)C(C)(C)C. The minimum Gasteiger partial charge on any atom is -0.546 e. The quantitative estimate of drug-likeness (QED) is 0.386. The smallest absolute Gasteiger partial charge is 0.322 e. The predicted octanol–water partition coefficient (Wildman–Crippen LogP) is 4.62. The van der Waals surface area contributed by atoms with Gasteiger partial charge in [-0.05, 0) is 57.8 Å². The molecule has 1 aliphatic heterocycles. The van der Waals surface area contributed by atoms with Gasteiger partial charge in [0.1, 0.15) is 0 Å². The lowest BCUT2D eigenvalue weighted by atomic mass is 9.52. The van der Waals surface area contributed by atoms with Crippen molar-refractivity contribution in [2.24, 2.45) is 17.3 Å². The molecular weight excluding hydrogens is 372 g/mol. The zero-order chi connectivity index (χ0) is 21.1. The fraction of sp³-hybridized carbons (Fsp3) is 0.818. The van der Waals surface area contributed by atoms with Crippen molar-refractivity contribution in [3.8, 4) is 0 Å². The molecule has 4 aliphatic rings. The van der Waals surface area contributed by atoms with Crippen LogP contribution >= 0.6 is 0 Å². The highest BCUT2D eigenvalue weighted by Gasteiger charge is 2.69. The summed E-state index contributed by atoms with van der Waals surface area (Å²) in [6.07, 6.45) is 3.45. The Morgan fingerprint density at radius 1 is 1.29 bits per heavy atom. The Bertz CT molecular complexity index is 702. The number of ether oxygens (including phenoxy) is 2. The Morgan fingerprint density at radius 3 is 2.50 bits per heavy atom. The van der Waals surface area contributed by atoms with Gasteiger partial charge in [0, 0.05) is 18.3 Å². The number of hydrogen-bond donors (Lipinski definition) is 0. The van der Waals surface area contributed by atoms with Gasteiger partial charge in [-0.15, -0.1) is 0 Å². The van der Waals surface area contributed by atoms with E-state index in [1.165, 1.54) is 0 Å². The van der Waals surface area contributed by atoms with Gasteiger partial charge in [-0.25, -0.2) is 0 Å². The van der Waals surface area contributed by atoms with Crippen LogP contribution < -0.4 is 0 Å². The summed E-state index contributed by atoms with van der Waals surface area (Å²) >= 11 is 0. The zero-order valence-electron chi connectivity index (χ0n) is 18.7. The van der Waals surface area contributed by atoms with E-state index >= 15 is 0 Å². The Hall–Kier alpha value is -1.14. The van der Waals surface area contributed by atoms with Crippen molar-refractivity contribution in [2.45, 2.75) is 90.6 Å². The van der Waals surface area contributed by atoms with E-state index in [9.17, 15) is 9.59 Å². The lowest BCUT2D eigenvalue weighted by Gasteiger charge is -2.58. The lowest BCUT2D eigenvalue weighted by Crippen LogP contribution is -2.68. The number of allylic oxidation sites excluding steroid dienone is 1. The van der Waals surface area contributed by atoms with Crippen LogP contribution in [-0.4, -0.2) is 38.4 Å². The molecular formula is C22H36O5Si. The summed E-state index contributed by atoms with van der Waals surface area (Å²) in [5, 5.41) is 0.0747. The predicted molar refractivity (Wildman–Crippen MR) is 110 cm³/mol. The molecule has 0 spiro atoms. The molecule has 0 unspecified atom stereocenters. The number of esters is 1. The third-order valence-electron chi connectivity index (χ3n) is 7.20. The third kappa shape index (κ3) is 3.17. The van der Waals surface area contributed by atoms with Crippen LogP contribution in [0.1, 0.15) is 60.8 Å². The Kier molecular flexibility index (Phi) is 5.15. The van der Waals surface area contributed by atoms with Crippen molar-refractivity contribution in [3.05, 3.63) is 11.8 Å². The molecule has 2 fully saturated rings. The van der Waals surface area contributed by atoms with Gasteiger partial charge in [0.2, 0.25) is 8.32 Å². The molecule has 1 heterocycles. The first-order chi connectivity index (χ1) is 12.8. The third-order valence-corrected chi connectivity index (χ3v) is 11.6. The highest BCUT2D eigenvalue weighted by molar-refractivity contribution is 6.74. The highest BCUT2D eigenvalue weighted by atomic mass is 28.4. The first kappa shape index (κ1) is 21.6. The first-order valence-corrected chi connectivity index (χ1v) is 13.5. The second-order valence-corrected chi connectivity index (χ2v) is 15.4. The summed E-state index contributed by atoms with van der Waals surface area (Å²) in [5.74, 6) is 0.178. The van der Waals surface area contributed by atoms with Gasteiger partial charge in [-0.2, -0.15) is 0 Å². The van der Waals surface area contributed by atoms with Crippen molar-refractivity contribution >= 4 is 20.1 Å². The van der Waals surface area contributed by atoms with E-state index in [0.29, 0.717) is 0 Å². The van der Waals surface area contributed by atoms with Crippen LogP contribution in [0.2, 0.25) is 18.1 Å². The second-order valence-electron chi connectivity index (χ2n) is 10.7. The average molecular weight is 409 g/mol. The molecule has 2 bridgehead atoms. The van der Waals surface area contributed by atoms with Gasteiger partial charge in [0.05, 0.1) is 24.1 Å². The van der Waals surface area contributed by atoms with Gasteiger partial charge in [0.25, 0.3) is 0 Å². The molecule has 0 N–H and O–H groups in total. The van der Waals surface area contributed by atoms with Crippen molar-refractivity contribution in [2.75, 3.05) is 6.61 Å². The highest BCUT2D eigenvalue weighted by Crippen LogP contribution is 2.59. The van der Waals surface area contributed by atoms with Gasteiger partial charge in [-0.3, -0.25) is 9.59 Å². The molecule has 1 saturated carbocycles. The standard InChI is InChI=1S/C22H36O5Si/c1-9-25-19(24)22-14-10-11-15(18(22)26-21(5,6)13-17(22)23)16(12-14)27-28(7,8)20(2,3)4/h12,14-15,18H,9-11,13H2,1-8H3/t14-,15+,18+,22-/m0/s1. The van der Waals surface area contributed by atoms with E-state index in [2.05, 4.69) is 39.9 Å². The van der Waals surface area contributed by atoms with Crippen molar-refractivity contribution in [1.29, 1.82) is 0 Å². The number of carbonyl (C=O) groups is 2. The van der Waals surface area contributed by atoms with Gasteiger partial charge in [-0.1, -0.05) is 20.8 Å². The monoisotopic (exact) mass is 408 g/mol. The van der Waals surface area contributed by atoms with E-state index in [1.54, 1.807) is 6.92 Å². The van der Waals surface area contributed by atoms with Crippen molar-refractivity contribution < 1.29 is 23.5 Å². The number of Topliss-reactive ketones (excluding diaryl/α,β-unsaturated/α-hetero) is 1. The van der Waals surface area contributed by atoms with Crippen LogP contribution in [0.3, 0.4) is 0 Å². The molecule has 4 rings (SSSR count). The second kappa shape index (κ2) is 6.69. The fourth-order valence-electron chi connectivity index (χ4n) is 4.74. The molecule has 158 valence electrons. The fourth-order valence-corrected chi connectivity index (χ4v) is 5.86. The van der Waals surface area contributed by atoms with Crippen LogP contribution in [0.5, 0.6) is 0 Å². The molecule has 6 heteroatoms. The maximum absolute atomic E-state index is 13.4. The van der Waals surface area contributed by atoms with E-state index in [1.807, 2.05) is 13.8 Å². The molecule has 1 saturated heterocycles. The number of rotatable bonds is 4. The minimum absolute atomic E-state index is 0.0375. The van der Waals surface area contributed by atoms with E-state index in [0.717, 1.165) is 18.6 Å². The summed E-state index contributed by atoms with van der Waals surface area (Å²) in [7, 11) is -2.03. The van der Waals surface area contributed by atoms with Crippen LogP contribution in [0.25, 0.3) is 0 Å². The largest absolute Gasteiger partial charge is 0.546 e. The summed E-state index contributed by atoms with van der Waals surface area (Å²) in [6, 6.07) is 0. The molecule has 3 aliphatic carbocycles. The average Bonchev–Trinajstić information content (AvgIpc) is 2.52. The number of ketones is 1. The number of hydrogen-bond acceptors (Lipinski definition) is 5. The molecule has 0 aromatic carbocycles. The first-order valence-electron chi connectivity index (χ1n) is 10.6. The Labute approximate surface area is 170 Å². The molecule has 5 nitrogen and oxygen atoms in total. The molecule has 4 atom stereocenters. The Morgan fingerprint density at radius 2 is 1.93 bits per heavy atom. The maximum atomic E-state index is 13.4. The van der Waals surface area contributed by atoms with Crippen LogP contribution in [0.15, 0.2) is 11.8 Å². The number of carbonyl (C=O) groups excluding carboxylic acids is 2. The molecule has 0 radical (unpaired) electrons. The molecule has 0 aromatic rings. The van der Waals surface area contributed by atoms with E-state index in [4.69, 9.17) is 13.9 Å². The lowest BCUT2D eigenvalue weighted by molar-refractivity contribution is -0.224. The summed E-state index contributed by atoms with van der Waals surface area (Å²) < 4.78 is 18.5. The minimum atomic E-state index is -2.03. The molecule has 0 aromatic heterocycles. The Balaban J connectivity index is 2.06.